The Morgan fingerprint density at radius 2 is 2.27 bits per heavy atom. The van der Waals surface area contributed by atoms with Gasteiger partial charge in [0.15, 0.2) is 0 Å². The molecule has 0 unspecified atom stereocenters. The Morgan fingerprint density at radius 1 is 1.41 bits per heavy atom. The Kier molecular flexibility index (Phi) is 4.29. The van der Waals surface area contributed by atoms with Gasteiger partial charge in [-0.05, 0) is 37.9 Å². The lowest BCUT2D eigenvalue weighted by molar-refractivity contribution is -0.118. The molecule has 0 radical (unpaired) electrons. The fraction of sp³-hybridized carbons (Fsp3) is 0.500. The summed E-state index contributed by atoms with van der Waals surface area (Å²) in [5.41, 5.74) is 1.45. The minimum atomic E-state index is -0.120. The lowest BCUT2D eigenvalue weighted by Crippen LogP contribution is -2.35. The zero-order valence-corrected chi connectivity index (χ0v) is 12.7. The van der Waals surface area contributed by atoms with Crippen molar-refractivity contribution in [1.29, 1.82) is 0 Å². The van der Waals surface area contributed by atoms with E-state index in [1.54, 1.807) is 18.1 Å². The molecule has 1 atom stereocenters. The maximum Gasteiger partial charge on any atom is 0.241 e. The summed E-state index contributed by atoms with van der Waals surface area (Å²) in [5, 5.41) is 6.07. The van der Waals surface area contributed by atoms with Crippen molar-refractivity contribution in [3.8, 4) is 5.75 Å². The Hall–Kier alpha value is -2.08. The summed E-state index contributed by atoms with van der Waals surface area (Å²) >= 11 is 0. The highest BCUT2D eigenvalue weighted by Gasteiger charge is 2.25. The quantitative estimate of drug-likeness (QED) is 0.884. The van der Waals surface area contributed by atoms with Gasteiger partial charge in [-0.25, -0.2) is 0 Å². The van der Waals surface area contributed by atoms with Gasteiger partial charge in [0.1, 0.15) is 5.75 Å². The highest BCUT2D eigenvalue weighted by Crippen LogP contribution is 2.33. The SMILES string of the molecule is COc1cc(NC(=O)[C@@H]2CCCN2)ccc1N1CCCC1=O. The van der Waals surface area contributed by atoms with Crippen LogP contribution in [0.2, 0.25) is 0 Å². The number of hydrogen-bond acceptors (Lipinski definition) is 4. The largest absolute Gasteiger partial charge is 0.494 e. The number of amides is 2. The van der Waals surface area contributed by atoms with Gasteiger partial charge < -0.3 is 20.3 Å². The first-order chi connectivity index (χ1) is 10.7. The number of methoxy groups -OCH3 is 1. The summed E-state index contributed by atoms with van der Waals surface area (Å²) in [4.78, 5) is 25.7. The van der Waals surface area contributed by atoms with Gasteiger partial charge in [0, 0.05) is 24.7 Å². The molecule has 2 heterocycles. The van der Waals surface area contributed by atoms with E-state index in [9.17, 15) is 9.59 Å². The van der Waals surface area contributed by atoms with E-state index in [4.69, 9.17) is 4.74 Å². The number of rotatable bonds is 4. The second-order valence-electron chi connectivity index (χ2n) is 5.67. The smallest absolute Gasteiger partial charge is 0.241 e. The van der Waals surface area contributed by atoms with E-state index in [-0.39, 0.29) is 17.9 Å². The standard InChI is InChI=1S/C16H21N3O3/c1-22-14-10-11(18-16(21)12-4-2-8-17-12)6-7-13(14)19-9-3-5-15(19)20/h6-7,10,12,17H,2-5,8-9H2,1H3,(H,18,21)/t12-/m0/s1. The Labute approximate surface area is 129 Å². The molecular weight excluding hydrogens is 282 g/mol. The number of carbonyl (C=O) groups is 2. The van der Waals surface area contributed by atoms with Crippen molar-refractivity contribution in [2.24, 2.45) is 0 Å². The van der Waals surface area contributed by atoms with Crippen LogP contribution in [0.25, 0.3) is 0 Å². The summed E-state index contributed by atoms with van der Waals surface area (Å²) in [7, 11) is 1.57. The van der Waals surface area contributed by atoms with Gasteiger partial charge in [0.2, 0.25) is 11.8 Å². The van der Waals surface area contributed by atoms with Crippen LogP contribution in [0.5, 0.6) is 5.75 Å². The van der Waals surface area contributed by atoms with Crippen molar-refractivity contribution in [2.75, 3.05) is 30.4 Å². The average Bonchev–Trinajstić information content (AvgIpc) is 3.18. The lowest BCUT2D eigenvalue weighted by Gasteiger charge is -2.20. The topological polar surface area (TPSA) is 70.7 Å². The molecule has 2 N–H and O–H groups in total. The molecule has 0 spiro atoms. The van der Waals surface area contributed by atoms with E-state index < -0.39 is 0 Å². The second-order valence-corrected chi connectivity index (χ2v) is 5.67. The van der Waals surface area contributed by atoms with E-state index in [1.807, 2.05) is 12.1 Å². The van der Waals surface area contributed by atoms with Gasteiger partial charge in [-0.15, -0.1) is 0 Å². The molecule has 1 aromatic rings. The molecule has 1 aromatic carbocycles. The highest BCUT2D eigenvalue weighted by atomic mass is 16.5. The van der Waals surface area contributed by atoms with Crippen LogP contribution in [-0.2, 0) is 9.59 Å². The molecule has 2 aliphatic rings. The van der Waals surface area contributed by atoms with E-state index in [2.05, 4.69) is 10.6 Å². The summed E-state index contributed by atoms with van der Waals surface area (Å²) in [6, 6.07) is 5.30. The number of hydrogen-bond donors (Lipinski definition) is 2. The van der Waals surface area contributed by atoms with Crippen LogP contribution in [0.1, 0.15) is 25.7 Å². The molecule has 0 aromatic heterocycles. The molecule has 22 heavy (non-hydrogen) atoms. The van der Waals surface area contributed by atoms with Crippen LogP contribution < -0.4 is 20.3 Å². The molecule has 3 rings (SSSR count). The summed E-state index contributed by atoms with van der Waals surface area (Å²) in [6.07, 6.45) is 3.34. The molecule has 0 saturated carbocycles. The molecule has 2 aliphatic heterocycles. The van der Waals surface area contributed by atoms with Gasteiger partial charge in [-0.2, -0.15) is 0 Å². The van der Waals surface area contributed by atoms with Gasteiger partial charge in [-0.1, -0.05) is 0 Å². The predicted molar refractivity (Wildman–Crippen MR) is 84.2 cm³/mol. The number of carbonyl (C=O) groups excluding carboxylic acids is 2. The third kappa shape index (κ3) is 2.92. The normalized spacial score (nSPS) is 21.2. The van der Waals surface area contributed by atoms with Crippen molar-refractivity contribution < 1.29 is 14.3 Å². The molecule has 0 bridgehead atoms. The first kappa shape index (κ1) is 14.8. The monoisotopic (exact) mass is 303 g/mol. The van der Waals surface area contributed by atoms with Crippen LogP contribution in [0.4, 0.5) is 11.4 Å². The van der Waals surface area contributed by atoms with E-state index in [0.717, 1.165) is 31.5 Å². The molecule has 118 valence electrons. The third-order valence-electron chi connectivity index (χ3n) is 4.19. The molecule has 0 aliphatic carbocycles. The summed E-state index contributed by atoms with van der Waals surface area (Å²) in [5.74, 6) is 0.697. The van der Waals surface area contributed by atoms with Crippen molar-refractivity contribution in [3.63, 3.8) is 0 Å². The first-order valence-corrected chi connectivity index (χ1v) is 7.71. The van der Waals surface area contributed by atoms with Crippen molar-refractivity contribution in [3.05, 3.63) is 18.2 Å². The minimum Gasteiger partial charge on any atom is -0.494 e. The molecule has 6 heteroatoms. The zero-order valence-electron chi connectivity index (χ0n) is 12.7. The summed E-state index contributed by atoms with van der Waals surface area (Å²) < 4.78 is 5.39. The number of nitrogens with one attached hydrogen (secondary N) is 2. The van der Waals surface area contributed by atoms with Crippen molar-refractivity contribution >= 4 is 23.2 Å². The first-order valence-electron chi connectivity index (χ1n) is 7.71. The molecule has 2 fully saturated rings. The van der Waals surface area contributed by atoms with E-state index in [1.165, 1.54) is 0 Å². The number of nitrogens with zero attached hydrogens (tertiary/aromatic N) is 1. The molecule has 2 saturated heterocycles. The van der Waals surface area contributed by atoms with Gasteiger partial charge in [0.25, 0.3) is 0 Å². The van der Waals surface area contributed by atoms with Crippen LogP contribution in [0.15, 0.2) is 18.2 Å². The van der Waals surface area contributed by atoms with Crippen LogP contribution in [0, 0.1) is 0 Å². The van der Waals surface area contributed by atoms with E-state index >= 15 is 0 Å². The van der Waals surface area contributed by atoms with Crippen LogP contribution in [-0.4, -0.2) is 38.1 Å². The maximum atomic E-state index is 12.1. The van der Waals surface area contributed by atoms with Crippen LogP contribution >= 0.6 is 0 Å². The Bertz CT molecular complexity index is 582. The number of anilines is 2. The predicted octanol–water partition coefficient (Wildman–Crippen LogP) is 1.51. The average molecular weight is 303 g/mol. The Balaban J connectivity index is 1.76. The Morgan fingerprint density at radius 3 is 2.91 bits per heavy atom. The van der Waals surface area contributed by atoms with E-state index in [0.29, 0.717) is 24.4 Å². The zero-order chi connectivity index (χ0) is 15.5. The van der Waals surface area contributed by atoms with Crippen molar-refractivity contribution in [2.45, 2.75) is 31.7 Å². The summed E-state index contributed by atoms with van der Waals surface area (Å²) in [6.45, 7) is 1.60. The van der Waals surface area contributed by atoms with Crippen LogP contribution in [0.3, 0.4) is 0 Å². The highest BCUT2D eigenvalue weighted by molar-refractivity contribution is 5.98. The fourth-order valence-electron chi connectivity index (χ4n) is 3.02. The van der Waals surface area contributed by atoms with Crippen molar-refractivity contribution in [1.82, 2.24) is 5.32 Å². The minimum absolute atomic E-state index is 0.0236. The number of ether oxygens (including phenoxy) is 1. The molecular formula is C16H21N3O3. The lowest BCUT2D eigenvalue weighted by atomic mass is 10.2. The maximum absolute atomic E-state index is 12.1. The molecule has 6 nitrogen and oxygen atoms in total. The van der Waals surface area contributed by atoms with Gasteiger partial charge in [0.05, 0.1) is 18.8 Å². The number of benzene rings is 1. The molecule has 2 amide bonds. The fourth-order valence-corrected chi connectivity index (χ4v) is 3.02. The third-order valence-corrected chi connectivity index (χ3v) is 4.19. The van der Waals surface area contributed by atoms with Gasteiger partial charge in [-0.3, -0.25) is 9.59 Å². The second kappa shape index (κ2) is 6.36. The van der Waals surface area contributed by atoms with Gasteiger partial charge >= 0.3 is 0 Å².